The van der Waals surface area contributed by atoms with Gasteiger partial charge < -0.3 is 20.5 Å². The third-order valence-corrected chi connectivity index (χ3v) is 4.19. The van der Waals surface area contributed by atoms with Crippen molar-refractivity contribution in [1.29, 1.82) is 0 Å². The normalized spacial score (nSPS) is 10.4. The summed E-state index contributed by atoms with van der Waals surface area (Å²) >= 11 is 0. The molecule has 0 fully saturated rings. The molecule has 0 bridgehead atoms. The maximum atomic E-state index is 13.2. The fraction of sp³-hybridized carbons (Fsp3) is 0.286. The van der Waals surface area contributed by atoms with Crippen molar-refractivity contribution in [3.63, 3.8) is 0 Å². The van der Waals surface area contributed by atoms with Crippen LogP contribution in [0.1, 0.15) is 33.5 Å². The molecule has 0 saturated carbocycles. The van der Waals surface area contributed by atoms with Gasteiger partial charge in [-0.3, -0.25) is 9.59 Å². The second-order valence-corrected chi connectivity index (χ2v) is 6.63. The van der Waals surface area contributed by atoms with Gasteiger partial charge in [0.2, 0.25) is 5.91 Å². The van der Waals surface area contributed by atoms with E-state index in [1.807, 2.05) is 25.1 Å². The average Bonchev–Trinajstić information content (AvgIpc) is 2.60. The summed E-state index contributed by atoms with van der Waals surface area (Å²) in [4.78, 5) is 36.7. The van der Waals surface area contributed by atoms with Crippen LogP contribution in [-0.2, 0) is 9.59 Å². The predicted molar refractivity (Wildman–Crippen MR) is 106 cm³/mol. The van der Waals surface area contributed by atoms with E-state index < -0.39 is 18.5 Å². The van der Waals surface area contributed by atoms with E-state index in [1.54, 1.807) is 32.0 Å². The second-order valence-electron chi connectivity index (χ2n) is 6.63. The molecule has 28 heavy (non-hydrogen) atoms. The molecular weight excluding hydrogens is 360 g/mol. The van der Waals surface area contributed by atoms with Gasteiger partial charge >= 0.3 is 5.97 Å². The van der Waals surface area contributed by atoms with E-state index in [2.05, 4.69) is 0 Å². The Bertz CT molecular complexity index is 884. The molecule has 7 nitrogen and oxygen atoms in total. The number of nitrogens with zero attached hydrogens (tertiary/aromatic N) is 1. The Morgan fingerprint density at radius 2 is 1.71 bits per heavy atom. The van der Waals surface area contributed by atoms with Crippen LogP contribution in [0.25, 0.3) is 0 Å². The minimum atomic E-state index is -1.07. The summed E-state index contributed by atoms with van der Waals surface area (Å²) in [5, 5.41) is 8.80. The Morgan fingerprint density at radius 3 is 2.25 bits per heavy atom. The lowest BCUT2D eigenvalue weighted by molar-refractivity contribution is -0.139. The Labute approximate surface area is 163 Å². The molecule has 2 amide bonds. The molecule has 3 N–H and O–H groups in total. The Kier molecular flexibility index (Phi) is 6.76. The van der Waals surface area contributed by atoms with Crippen LogP contribution in [0.5, 0.6) is 5.75 Å². The molecule has 0 saturated heterocycles. The molecule has 0 unspecified atom stereocenters. The molecule has 2 aromatic carbocycles. The van der Waals surface area contributed by atoms with E-state index in [-0.39, 0.29) is 18.9 Å². The zero-order valence-corrected chi connectivity index (χ0v) is 16.2. The summed E-state index contributed by atoms with van der Waals surface area (Å²) in [6, 6.07) is 10.7. The van der Waals surface area contributed by atoms with Crippen molar-refractivity contribution in [2.24, 2.45) is 5.73 Å². The molecule has 0 spiro atoms. The summed E-state index contributed by atoms with van der Waals surface area (Å²) in [6.07, 6.45) is 0.0391. The number of carboxylic acid groups (broad SMARTS) is 1. The van der Waals surface area contributed by atoms with Gasteiger partial charge in [-0.2, -0.15) is 0 Å². The standard InChI is InChI=1S/C21H24N2O5/c1-13-5-4-6-17(9-13)23(8-7-18(22)24)21(27)16-10-14(2)20(15(3)11-16)28-12-19(25)26/h4-6,9-11H,7-8,12H2,1-3H3,(H2,22,24)(H,25,26). The first-order valence-corrected chi connectivity index (χ1v) is 8.81. The van der Waals surface area contributed by atoms with Crippen molar-refractivity contribution >= 4 is 23.5 Å². The maximum absolute atomic E-state index is 13.2. The van der Waals surface area contributed by atoms with Gasteiger partial charge in [-0.15, -0.1) is 0 Å². The van der Waals surface area contributed by atoms with E-state index in [1.165, 1.54) is 4.90 Å². The summed E-state index contributed by atoms with van der Waals surface area (Å²) in [7, 11) is 0. The van der Waals surface area contributed by atoms with Gasteiger partial charge in [0.15, 0.2) is 6.61 Å². The number of carbonyl (C=O) groups excluding carboxylic acids is 2. The van der Waals surface area contributed by atoms with E-state index in [4.69, 9.17) is 15.6 Å². The number of aliphatic carboxylic acids is 1. The Morgan fingerprint density at radius 1 is 1.07 bits per heavy atom. The lowest BCUT2D eigenvalue weighted by Crippen LogP contribution is -2.34. The molecular formula is C21H24N2O5. The van der Waals surface area contributed by atoms with Crippen LogP contribution >= 0.6 is 0 Å². The quantitative estimate of drug-likeness (QED) is 0.727. The second kappa shape index (κ2) is 9.03. The van der Waals surface area contributed by atoms with Crippen molar-refractivity contribution < 1.29 is 24.2 Å². The molecule has 7 heteroatoms. The van der Waals surface area contributed by atoms with Crippen molar-refractivity contribution in [2.75, 3.05) is 18.1 Å². The Hall–Kier alpha value is -3.35. The molecule has 0 aliphatic rings. The highest BCUT2D eigenvalue weighted by Gasteiger charge is 2.20. The number of primary amides is 1. The third-order valence-electron chi connectivity index (χ3n) is 4.19. The number of hydrogen-bond donors (Lipinski definition) is 2. The zero-order valence-electron chi connectivity index (χ0n) is 16.2. The van der Waals surface area contributed by atoms with E-state index in [9.17, 15) is 14.4 Å². The topological polar surface area (TPSA) is 110 Å². The highest BCUT2D eigenvalue weighted by molar-refractivity contribution is 6.06. The summed E-state index contributed by atoms with van der Waals surface area (Å²) in [6.45, 7) is 5.13. The molecule has 2 aromatic rings. The van der Waals surface area contributed by atoms with Crippen molar-refractivity contribution in [3.05, 3.63) is 58.7 Å². The van der Waals surface area contributed by atoms with Crippen LogP contribution in [-0.4, -0.2) is 36.0 Å². The van der Waals surface area contributed by atoms with Gasteiger partial charge in [0, 0.05) is 24.2 Å². The van der Waals surface area contributed by atoms with Gasteiger partial charge in [-0.25, -0.2) is 4.79 Å². The van der Waals surface area contributed by atoms with E-state index in [0.717, 1.165) is 5.56 Å². The number of rotatable bonds is 8. The number of carbonyl (C=O) groups is 3. The number of benzene rings is 2. The fourth-order valence-electron chi connectivity index (χ4n) is 2.96. The number of amides is 2. The van der Waals surface area contributed by atoms with Gasteiger partial charge in [0.1, 0.15) is 5.75 Å². The number of anilines is 1. The first-order valence-electron chi connectivity index (χ1n) is 8.81. The molecule has 148 valence electrons. The molecule has 0 heterocycles. The monoisotopic (exact) mass is 384 g/mol. The minimum Gasteiger partial charge on any atom is -0.481 e. The number of nitrogens with two attached hydrogens (primary N) is 1. The molecule has 0 aliphatic heterocycles. The SMILES string of the molecule is Cc1cccc(N(CCC(N)=O)C(=O)c2cc(C)c(OCC(=O)O)c(C)c2)c1. The first-order chi connectivity index (χ1) is 13.2. The average molecular weight is 384 g/mol. The number of carboxylic acids is 1. The molecule has 0 atom stereocenters. The summed E-state index contributed by atoms with van der Waals surface area (Å²) < 4.78 is 5.32. The molecule has 0 aromatic heterocycles. The number of hydrogen-bond acceptors (Lipinski definition) is 4. The smallest absolute Gasteiger partial charge is 0.341 e. The highest BCUT2D eigenvalue weighted by atomic mass is 16.5. The van der Waals surface area contributed by atoms with Crippen molar-refractivity contribution in [3.8, 4) is 5.75 Å². The number of ether oxygens (including phenoxy) is 1. The van der Waals surface area contributed by atoms with E-state index in [0.29, 0.717) is 28.1 Å². The van der Waals surface area contributed by atoms with Crippen LogP contribution in [0.3, 0.4) is 0 Å². The Balaban J connectivity index is 2.37. The minimum absolute atomic E-state index is 0.0391. The summed E-state index contributed by atoms with van der Waals surface area (Å²) in [5.74, 6) is -1.40. The predicted octanol–water partition coefficient (Wildman–Crippen LogP) is 2.60. The van der Waals surface area contributed by atoms with Crippen LogP contribution in [0.15, 0.2) is 36.4 Å². The van der Waals surface area contributed by atoms with E-state index >= 15 is 0 Å². The van der Waals surface area contributed by atoms with Crippen molar-refractivity contribution in [2.45, 2.75) is 27.2 Å². The lowest BCUT2D eigenvalue weighted by atomic mass is 10.0. The lowest BCUT2D eigenvalue weighted by Gasteiger charge is -2.24. The van der Waals surface area contributed by atoms with Crippen LogP contribution in [0.2, 0.25) is 0 Å². The van der Waals surface area contributed by atoms with Crippen LogP contribution in [0.4, 0.5) is 5.69 Å². The van der Waals surface area contributed by atoms with Gasteiger partial charge in [0.05, 0.1) is 0 Å². The largest absolute Gasteiger partial charge is 0.481 e. The zero-order chi connectivity index (χ0) is 20.8. The van der Waals surface area contributed by atoms with Crippen molar-refractivity contribution in [1.82, 2.24) is 0 Å². The molecule has 0 radical (unpaired) electrons. The molecule has 0 aliphatic carbocycles. The van der Waals surface area contributed by atoms with Crippen LogP contribution < -0.4 is 15.4 Å². The summed E-state index contributed by atoms with van der Waals surface area (Å²) in [5.41, 5.74) is 8.66. The van der Waals surface area contributed by atoms with Gasteiger partial charge in [0.25, 0.3) is 5.91 Å². The van der Waals surface area contributed by atoms with Gasteiger partial charge in [-0.05, 0) is 61.7 Å². The fourth-order valence-corrected chi connectivity index (χ4v) is 2.96. The maximum Gasteiger partial charge on any atom is 0.341 e. The first kappa shape index (κ1) is 21.0. The van der Waals surface area contributed by atoms with Gasteiger partial charge in [-0.1, -0.05) is 12.1 Å². The third kappa shape index (κ3) is 5.33. The molecule has 2 rings (SSSR count). The highest BCUT2D eigenvalue weighted by Crippen LogP contribution is 2.27. The number of aryl methyl sites for hydroxylation is 3. The van der Waals surface area contributed by atoms with Crippen LogP contribution in [0, 0.1) is 20.8 Å².